The number of amides is 1. The maximum absolute atomic E-state index is 10.6. The second-order valence-electron chi connectivity index (χ2n) is 5.38. The fourth-order valence-electron chi connectivity index (χ4n) is 2.79. The van der Waals surface area contributed by atoms with E-state index >= 15 is 0 Å². The molecule has 3 rings (SSSR count). The average molecular weight is 318 g/mol. The van der Waals surface area contributed by atoms with Crippen LogP contribution in [0.1, 0.15) is 11.1 Å². The molecule has 0 aliphatic carbocycles. The zero-order valence-corrected chi connectivity index (χ0v) is 12.9. The molecule has 2 N–H and O–H groups in total. The smallest absolute Gasteiger partial charge is 0.404 e. The summed E-state index contributed by atoms with van der Waals surface area (Å²) < 4.78 is 5.97. The summed E-state index contributed by atoms with van der Waals surface area (Å²) in [5.41, 5.74) is 4.28. The van der Waals surface area contributed by atoms with Gasteiger partial charge < -0.3 is 15.2 Å². The predicted octanol–water partition coefficient (Wildman–Crippen LogP) is 3.89. The van der Waals surface area contributed by atoms with Crippen molar-refractivity contribution < 1.29 is 14.6 Å². The molecule has 1 amide bonds. The SMILES string of the molecule is Cc1cc(Cl)ccc1-c1cccc2c1OC(CNC(=O)O)C2. The molecule has 1 unspecified atom stereocenters. The fraction of sp³-hybridized carbons (Fsp3) is 0.235. The highest BCUT2D eigenvalue weighted by molar-refractivity contribution is 6.30. The molecular formula is C17H16ClNO3. The van der Waals surface area contributed by atoms with Crippen molar-refractivity contribution in [3.05, 3.63) is 52.5 Å². The van der Waals surface area contributed by atoms with Gasteiger partial charge in [0.15, 0.2) is 0 Å². The van der Waals surface area contributed by atoms with Gasteiger partial charge in [-0.25, -0.2) is 4.79 Å². The average Bonchev–Trinajstić information content (AvgIpc) is 2.88. The zero-order chi connectivity index (χ0) is 15.7. The van der Waals surface area contributed by atoms with Crippen LogP contribution in [0.5, 0.6) is 5.75 Å². The summed E-state index contributed by atoms with van der Waals surface area (Å²) in [4.78, 5) is 10.6. The number of benzene rings is 2. The quantitative estimate of drug-likeness (QED) is 0.903. The van der Waals surface area contributed by atoms with Gasteiger partial charge in [0.05, 0.1) is 6.54 Å². The predicted molar refractivity (Wildman–Crippen MR) is 85.8 cm³/mol. The first-order chi connectivity index (χ1) is 10.5. The van der Waals surface area contributed by atoms with Gasteiger partial charge in [-0.1, -0.05) is 35.9 Å². The molecule has 0 fully saturated rings. The van der Waals surface area contributed by atoms with Crippen LogP contribution in [0.2, 0.25) is 5.02 Å². The van der Waals surface area contributed by atoms with Crippen LogP contribution in [0.15, 0.2) is 36.4 Å². The zero-order valence-electron chi connectivity index (χ0n) is 12.1. The number of carbonyl (C=O) groups is 1. The summed E-state index contributed by atoms with van der Waals surface area (Å²) in [6.07, 6.45) is -0.496. The Labute approximate surface area is 133 Å². The molecule has 1 aliphatic rings. The Balaban J connectivity index is 1.91. The van der Waals surface area contributed by atoms with Crippen molar-refractivity contribution in [3.8, 4) is 16.9 Å². The monoisotopic (exact) mass is 317 g/mol. The first-order valence-electron chi connectivity index (χ1n) is 7.06. The van der Waals surface area contributed by atoms with Gasteiger partial charge >= 0.3 is 6.09 Å². The van der Waals surface area contributed by atoms with E-state index < -0.39 is 6.09 Å². The van der Waals surface area contributed by atoms with Crippen LogP contribution in [-0.4, -0.2) is 23.8 Å². The van der Waals surface area contributed by atoms with Crippen LogP contribution >= 0.6 is 11.6 Å². The largest absolute Gasteiger partial charge is 0.487 e. The highest BCUT2D eigenvalue weighted by Gasteiger charge is 2.26. The van der Waals surface area contributed by atoms with Crippen LogP contribution < -0.4 is 10.1 Å². The van der Waals surface area contributed by atoms with E-state index in [2.05, 4.69) is 5.32 Å². The number of rotatable bonds is 3. The van der Waals surface area contributed by atoms with E-state index in [-0.39, 0.29) is 12.6 Å². The summed E-state index contributed by atoms with van der Waals surface area (Å²) in [6, 6.07) is 11.8. The van der Waals surface area contributed by atoms with Crippen LogP contribution in [-0.2, 0) is 6.42 Å². The molecule has 22 heavy (non-hydrogen) atoms. The molecular weight excluding hydrogens is 302 g/mol. The number of carboxylic acid groups (broad SMARTS) is 1. The third-order valence-electron chi connectivity index (χ3n) is 3.79. The Kier molecular flexibility index (Phi) is 3.94. The van der Waals surface area contributed by atoms with Crippen molar-refractivity contribution in [3.63, 3.8) is 0 Å². The number of hydrogen-bond acceptors (Lipinski definition) is 2. The molecule has 1 aliphatic heterocycles. The minimum absolute atomic E-state index is 0.167. The van der Waals surface area contributed by atoms with Gasteiger partial charge in [-0.05, 0) is 35.7 Å². The lowest BCUT2D eigenvalue weighted by Gasteiger charge is -2.14. The van der Waals surface area contributed by atoms with Gasteiger partial charge in [-0.15, -0.1) is 0 Å². The maximum atomic E-state index is 10.6. The van der Waals surface area contributed by atoms with Crippen molar-refractivity contribution in [2.75, 3.05) is 6.54 Å². The highest BCUT2D eigenvalue weighted by Crippen LogP contribution is 2.40. The first-order valence-corrected chi connectivity index (χ1v) is 7.44. The van der Waals surface area contributed by atoms with Crippen LogP contribution in [0.3, 0.4) is 0 Å². The lowest BCUT2D eigenvalue weighted by Crippen LogP contribution is -2.33. The molecule has 0 aromatic heterocycles. The molecule has 1 heterocycles. The Bertz CT molecular complexity index is 730. The Morgan fingerprint density at radius 2 is 2.18 bits per heavy atom. The summed E-state index contributed by atoms with van der Waals surface area (Å²) >= 11 is 6.02. The lowest BCUT2D eigenvalue weighted by atomic mass is 9.97. The minimum Gasteiger partial charge on any atom is -0.487 e. The van der Waals surface area contributed by atoms with E-state index in [0.29, 0.717) is 11.4 Å². The molecule has 2 aromatic rings. The standard InChI is InChI=1S/C17H16ClNO3/c1-10-7-12(18)5-6-14(10)15-4-2-3-11-8-13(22-16(11)15)9-19-17(20)21/h2-7,13,19H,8-9H2,1H3,(H,20,21). The van der Waals surface area contributed by atoms with E-state index in [1.54, 1.807) is 0 Å². The minimum atomic E-state index is -1.03. The van der Waals surface area contributed by atoms with Crippen molar-refractivity contribution in [1.29, 1.82) is 0 Å². The van der Waals surface area contributed by atoms with Gasteiger partial charge in [-0.2, -0.15) is 0 Å². The van der Waals surface area contributed by atoms with Gasteiger partial charge in [0.25, 0.3) is 0 Å². The molecule has 1 atom stereocenters. The molecule has 0 spiro atoms. The number of hydrogen-bond donors (Lipinski definition) is 2. The molecule has 0 saturated heterocycles. The summed E-state index contributed by atoms with van der Waals surface area (Å²) in [7, 11) is 0. The van der Waals surface area contributed by atoms with Gasteiger partial charge in [-0.3, -0.25) is 0 Å². The van der Waals surface area contributed by atoms with Crippen molar-refractivity contribution in [1.82, 2.24) is 5.32 Å². The van der Waals surface area contributed by atoms with E-state index in [9.17, 15) is 4.79 Å². The Morgan fingerprint density at radius 1 is 1.36 bits per heavy atom. The fourth-order valence-corrected chi connectivity index (χ4v) is 3.02. The van der Waals surface area contributed by atoms with Crippen LogP contribution in [0.4, 0.5) is 4.79 Å². The number of halogens is 1. The number of para-hydroxylation sites is 1. The maximum Gasteiger partial charge on any atom is 0.404 e. The van der Waals surface area contributed by atoms with E-state index in [4.69, 9.17) is 21.4 Å². The molecule has 0 bridgehead atoms. The lowest BCUT2D eigenvalue weighted by molar-refractivity contribution is 0.181. The molecule has 0 saturated carbocycles. The topological polar surface area (TPSA) is 58.6 Å². The Morgan fingerprint density at radius 3 is 2.91 bits per heavy atom. The number of nitrogens with one attached hydrogen (secondary N) is 1. The second-order valence-corrected chi connectivity index (χ2v) is 5.82. The number of fused-ring (bicyclic) bond motifs is 1. The normalized spacial score (nSPS) is 16.0. The summed E-state index contributed by atoms with van der Waals surface area (Å²) in [5, 5.41) is 11.8. The highest BCUT2D eigenvalue weighted by atomic mass is 35.5. The van der Waals surface area contributed by atoms with Crippen molar-refractivity contribution >= 4 is 17.7 Å². The second kappa shape index (κ2) is 5.89. The van der Waals surface area contributed by atoms with Crippen LogP contribution in [0.25, 0.3) is 11.1 Å². The van der Waals surface area contributed by atoms with Crippen molar-refractivity contribution in [2.24, 2.45) is 0 Å². The summed E-state index contributed by atoms with van der Waals surface area (Å²) in [5.74, 6) is 0.838. The Hall–Kier alpha value is -2.20. The molecule has 5 heteroatoms. The van der Waals surface area contributed by atoms with E-state index in [0.717, 1.165) is 28.0 Å². The number of aryl methyl sites for hydroxylation is 1. The molecule has 4 nitrogen and oxygen atoms in total. The summed E-state index contributed by atoms with van der Waals surface area (Å²) in [6.45, 7) is 2.29. The number of ether oxygens (including phenoxy) is 1. The van der Waals surface area contributed by atoms with Gasteiger partial charge in [0.1, 0.15) is 11.9 Å². The van der Waals surface area contributed by atoms with Crippen molar-refractivity contribution in [2.45, 2.75) is 19.4 Å². The third-order valence-corrected chi connectivity index (χ3v) is 4.02. The molecule has 0 radical (unpaired) electrons. The third kappa shape index (κ3) is 2.88. The van der Waals surface area contributed by atoms with Crippen LogP contribution in [0, 0.1) is 6.92 Å². The van der Waals surface area contributed by atoms with Gasteiger partial charge in [0, 0.05) is 17.0 Å². The van der Waals surface area contributed by atoms with Gasteiger partial charge in [0.2, 0.25) is 0 Å². The molecule has 2 aromatic carbocycles. The molecule has 114 valence electrons. The first kappa shape index (κ1) is 14.7. The van der Waals surface area contributed by atoms with E-state index in [1.807, 2.05) is 43.3 Å². The van der Waals surface area contributed by atoms with E-state index in [1.165, 1.54) is 0 Å².